The minimum absolute atomic E-state index is 0.0457. The number of piperidine rings is 1. The van der Waals surface area contributed by atoms with Crippen LogP contribution in [-0.4, -0.2) is 46.0 Å². The van der Waals surface area contributed by atoms with Gasteiger partial charge in [-0.25, -0.2) is 4.98 Å². The molecule has 0 N–H and O–H groups in total. The van der Waals surface area contributed by atoms with Gasteiger partial charge in [0.15, 0.2) is 0 Å². The molecule has 3 aromatic carbocycles. The highest BCUT2D eigenvalue weighted by Gasteiger charge is 2.35. The summed E-state index contributed by atoms with van der Waals surface area (Å²) < 4.78 is 7.33. The Morgan fingerprint density at radius 1 is 1.05 bits per heavy atom. The lowest BCUT2D eigenvalue weighted by Crippen LogP contribution is -2.46. The number of hydrogen-bond acceptors (Lipinski definition) is 4. The van der Waals surface area contributed by atoms with Crippen LogP contribution in [0.15, 0.2) is 78.9 Å². The Morgan fingerprint density at radius 3 is 2.62 bits per heavy atom. The Kier molecular flexibility index (Phi) is 7.56. The quantitative estimate of drug-likeness (QED) is 0.297. The van der Waals surface area contributed by atoms with Crippen molar-refractivity contribution in [1.82, 2.24) is 14.5 Å². The third-order valence-corrected chi connectivity index (χ3v) is 7.12. The number of rotatable bonds is 7. The molecule has 1 saturated heterocycles. The van der Waals surface area contributed by atoms with Crippen LogP contribution in [0.3, 0.4) is 0 Å². The summed E-state index contributed by atoms with van der Waals surface area (Å²) >= 11 is 6.28. The molecule has 1 aliphatic heterocycles. The SMILES string of the molecule is CCOC(=O)[C@H]1CCCN(C(=O)[C@H](c2ccccc2)n2c(Cc3cccc(Cl)c3)nc3ccccc32)C1. The summed E-state index contributed by atoms with van der Waals surface area (Å²) in [5.41, 5.74) is 3.61. The van der Waals surface area contributed by atoms with Crippen molar-refractivity contribution in [1.29, 1.82) is 0 Å². The molecule has 1 fully saturated rings. The zero-order valence-electron chi connectivity index (χ0n) is 20.8. The molecular weight excluding hydrogens is 486 g/mol. The van der Waals surface area contributed by atoms with E-state index in [9.17, 15) is 9.59 Å². The highest BCUT2D eigenvalue weighted by molar-refractivity contribution is 6.30. The molecular formula is C30H30ClN3O3. The molecule has 37 heavy (non-hydrogen) atoms. The smallest absolute Gasteiger partial charge is 0.310 e. The fraction of sp³-hybridized carbons (Fsp3) is 0.300. The number of likely N-dealkylation sites (tertiary alicyclic amines) is 1. The minimum Gasteiger partial charge on any atom is -0.466 e. The molecule has 1 aromatic heterocycles. The Bertz CT molecular complexity index is 1400. The van der Waals surface area contributed by atoms with Crippen LogP contribution in [0.4, 0.5) is 0 Å². The average Bonchev–Trinajstić information content (AvgIpc) is 3.27. The Morgan fingerprint density at radius 2 is 1.84 bits per heavy atom. The predicted octanol–water partition coefficient (Wildman–Crippen LogP) is 5.67. The van der Waals surface area contributed by atoms with Gasteiger partial charge < -0.3 is 14.2 Å². The lowest BCUT2D eigenvalue weighted by atomic mass is 9.96. The van der Waals surface area contributed by atoms with Gasteiger partial charge in [0, 0.05) is 24.5 Å². The summed E-state index contributed by atoms with van der Waals surface area (Å²) in [5, 5.41) is 0.661. The molecule has 5 rings (SSSR count). The first-order chi connectivity index (χ1) is 18.0. The van der Waals surface area contributed by atoms with Gasteiger partial charge in [-0.3, -0.25) is 9.59 Å². The lowest BCUT2D eigenvalue weighted by molar-refractivity contribution is -0.151. The number of imidazole rings is 1. The summed E-state index contributed by atoms with van der Waals surface area (Å²) in [7, 11) is 0. The topological polar surface area (TPSA) is 64.4 Å². The van der Waals surface area contributed by atoms with Crippen LogP contribution in [0.2, 0.25) is 5.02 Å². The molecule has 0 saturated carbocycles. The number of halogens is 1. The standard InChI is InChI=1S/C30H30ClN3O3/c1-2-37-30(36)23-13-9-17-33(20-23)29(35)28(22-11-4-3-5-12-22)34-26-16-7-6-15-25(26)32-27(34)19-21-10-8-14-24(31)18-21/h3-8,10-12,14-16,18,23,28H,2,9,13,17,19-20H2,1H3/t23-,28-/m0/s1. The molecule has 4 aromatic rings. The molecule has 0 radical (unpaired) electrons. The van der Waals surface area contributed by atoms with E-state index in [0.29, 0.717) is 31.1 Å². The molecule has 0 unspecified atom stereocenters. The first kappa shape index (κ1) is 25.0. The van der Waals surface area contributed by atoms with Gasteiger partial charge in [-0.2, -0.15) is 0 Å². The number of carbonyl (C=O) groups excluding carboxylic acids is 2. The van der Waals surface area contributed by atoms with Crippen LogP contribution < -0.4 is 0 Å². The lowest BCUT2D eigenvalue weighted by Gasteiger charge is -2.35. The molecule has 6 nitrogen and oxygen atoms in total. The number of hydrogen-bond donors (Lipinski definition) is 0. The van der Waals surface area contributed by atoms with Crippen molar-refractivity contribution >= 4 is 34.5 Å². The Balaban J connectivity index is 1.59. The van der Waals surface area contributed by atoms with E-state index in [1.54, 1.807) is 6.92 Å². The number of nitrogens with zero attached hydrogens (tertiary/aromatic N) is 3. The molecule has 7 heteroatoms. The molecule has 1 amide bonds. The highest BCUT2D eigenvalue weighted by atomic mass is 35.5. The van der Waals surface area contributed by atoms with Gasteiger partial charge in [-0.1, -0.05) is 66.2 Å². The van der Waals surface area contributed by atoms with Crippen LogP contribution >= 0.6 is 11.6 Å². The van der Waals surface area contributed by atoms with Gasteiger partial charge >= 0.3 is 5.97 Å². The number of esters is 1. The number of para-hydroxylation sites is 2. The van der Waals surface area contributed by atoms with Crippen LogP contribution in [0.1, 0.15) is 42.8 Å². The normalized spacial score (nSPS) is 16.5. The second kappa shape index (κ2) is 11.2. The van der Waals surface area contributed by atoms with E-state index in [1.165, 1.54) is 0 Å². The van der Waals surface area contributed by atoms with E-state index in [0.717, 1.165) is 40.8 Å². The Hall–Kier alpha value is -3.64. The van der Waals surface area contributed by atoms with E-state index in [-0.39, 0.29) is 17.8 Å². The Labute approximate surface area is 221 Å². The van der Waals surface area contributed by atoms with Gasteiger partial charge in [-0.15, -0.1) is 0 Å². The molecule has 0 bridgehead atoms. The summed E-state index contributed by atoms with van der Waals surface area (Å²) in [6.45, 7) is 3.11. The number of fused-ring (bicyclic) bond motifs is 1. The van der Waals surface area contributed by atoms with Crippen molar-refractivity contribution in [3.63, 3.8) is 0 Å². The third-order valence-electron chi connectivity index (χ3n) is 6.88. The van der Waals surface area contributed by atoms with Crippen LogP contribution in [0.25, 0.3) is 11.0 Å². The monoisotopic (exact) mass is 515 g/mol. The first-order valence-corrected chi connectivity index (χ1v) is 13.1. The molecule has 190 valence electrons. The number of ether oxygens (including phenoxy) is 1. The largest absolute Gasteiger partial charge is 0.466 e. The van der Waals surface area contributed by atoms with Crippen molar-refractivity contribution in [2.45, 2.75) is 32.2 Å². The second-order valence-electron chi connectivity index (χ2n) is 9.38. The van der Waals surface area contributed by atoms with Crippen molar-refractivity contribution < 1.29 is 14.3 Å². The zero-order valence-corrected chi connectivity index (χ0v) is 21.6. The summed E-state index contributed by atoms with van der Waals surface area (Å²) in [6, 6.07) is 24.8. The maximum Gasteiger partial charge on any atom is 0.310 e. The van der Waals surface area contributed by atoms with Gasteiger partial charge in [0.1, 0.15) is 11.9 Å². The van der Waals surface area contributed by atoms with Crippen molar-refractivity contribution in [2.24, 2.45) is 5.92 Å². The molecule has 2 atom stereocenters. The summed E-state index contributed by atoms with van der Waals surface area (Å²) in [4.78, 5) is 33.6. The molecule has 1 aliphatic rings. The van der Waals surface area contributed by atoms with Gasteiger partial charge in [0.25, 0.3) is 0 Å². The van der Waals surface area contributed by atoms with Gasteiger partial charge in [-0.05, 0) is 55.2 Å². The van der Waals surface area contributed by atoms with Crippen LogP contribution in [0.5, 0.6) is 0 Å². The van der Waals surface area contributed by atoms with Crippen LogP contribution in [-0.2, 0) is 20.7 Å². The molecule has 0 spiro atoms. The van der Waals surface area contributed by atoms with Gasteiger partial charge in [0.2, 0.25) is 5.91 Å². The average molecular weight is 516 g/mol. The maximum absolute atomic E-state index is 14.3. The number of benzene rings is 3. The minimum atomic E-state index is -0.622. The molecule has 2 heterocycles. The highest BCUT2D eigenvalue weighted by Crippen LogP contribution is 2.31. The number of carbonyl (C=O) groups is 2. The summed E-state index contributed by atoms with van der Waals surface area (Å²) in [5.74, 6) is 0.200. The molecule has 0 aliphatic carbocycles. The van der Waals surface area contributed by atoms with Crippen LogP contribution in [0, 0.1) is 5.92 Å². The second-order valence-corrected chi connectivity index (χ2v) is 9.82. The number of amides is 1. The van der Waals surface area contributed by atoms with E-state index in [1.807, 2.05) is 83.8 Å². The van der Waals surface area contributed by atoms with E-state index >= 15 is 0 Å². The van der Waals surface area contributed by atoms with Gasteiger partial charge in [0.05, 0.1) is 23.6 Å². The predicted molar refractivity (Wildman–Crippen MR) is 145 cm³/mol. The number of aromatic nitrogens is 2. The fourth-order valence-corrected chi connectivity index (χ4v) is 5.39. The fourth-order valence-electron chi connectivity index (χ4n) is 5.18. The maximum atomic E-state index is 14.3. The van der Waals surface area contributed by atoms with Crippen molar-refractivity contribution in [3.05, 3.63) is 101 Å². The van der Waals surface area contributed by atoms with Crippen molar-refractivity contribution in [2.75, 3.05) is 19.7 Å². The van der Waals surface area contributed by atoms with E-state index in [2.05, 4.69) is 4.57 Å². The first-order valence-electron chi connectivity index (χ1n) is 12.8. The van der Waals surface area contributed by atoms with Crippen molar-refractivity contribution in [3.8, 4) is 0 Å². The third kappa shape index (κ3) is 5.39. The summed E-state index contributed by atoms with van der Waals surface area (Å²) in [6.07, 6.45) is 2.01. The van der Waals surface area contributed by atoms with E-state index < -0.39 is 6.04 Å². The van der Waals surface area contributed by atoms with E-state index in [4.69, 9.17) is 21.3 Å². The zero-order chi connectivity index (χ0) is 25.8.